The van der Waals surface area contributed by atoms with Crippen molar-refractivity contribution >= 4 is 29.1 Å². The van der Waals surface area contributed by atoms with Crippen molar-refractivity contribution in [3.05, 3.63) is 36.8 Å². The highest BCUT2D eigenvalue weighted by Gasteiger charge is 2.30. The van der Waals surface area contributed by atoms with Gasteiger partial charge in [0.15, 0.2) is 0 Å². The number of ether oxygens (including phenoxy) is 4. The molecule has 12 nitrogen and oxygen atoms in total. The van der Waals surface area contributed by atoms with E-state index in [1.54, 1.807) is 21.3 Å². The predicted molar refractivity (Wildman–Crippen MR) is 174 cm³/mol. The molecule has 1 fully saturated rings. The molecule has 1 unspecified atom stereocenters. The largest absolute Gasteiger partial charge is 0.481 e. The molecule has 1 rings (SSSR count). The minimum atomic E-state index is -1.92. The number of esters is 1. The van der Waals surface area contributed by atoms with E-state index in [1.807, 2.05) is 13.8 Å². The van der Waals surface area contributed by atoms with Gasteiger partial charge in [0.2, 0.25) is 0 Å². The lowest BCUT2D eigenvalue weighted by Crippen LogP contribution is -2.38. The molecule has 0 saturated carbocycles. The first-order valence-corrected chi connectivity index (χ1v) is 18.8. The number of carboxylic acids is 1. The van der Waals surface area contributed by atoms with Gasteiger partial charge < -0.3 is 46.9 Å². The molecule has 0 aromatic rings. The highest BCUT2D eigenvalue weighted by molar-refractivity contribution is 6.66. The number of aliphatic carboxylic acids is 1. The molecule has 2 N–H and O–H groups in total. The fraction of sp³-hybridized carbons (Fsp3) is 0.724. The SMILES string of the molecule is C.C=C(C)C(=O)O.C=C(O)OC(=O)C(=C)C.CCO[Si](C)(CCCOCC1CO1)OCC.COCCC[Si](C)(OC)OC. The van der Waals surface area contributed by atoms with Crippen LogP contribution in [0.1, 0.15) is 48.0 Å². The Morgan fingerprint density at radius 2 is 1.30 bits per heavy atom. The summed E-state index contributed by atoms with van der Waals surface area (Å²) in [6.45, 7) is 25.2. The minimum Gasteiger partial charge on any atom is -0.481 e. The van der Waals surface area contributed by atoms with Gasteiger partial charge in [-0.05, 0) is 72.3 Å². The number of carbonyl (C=O) groups excluding carboxylic acids is 1. The lowest BCUT2D eigenvalue weighted by atomic mass is 10.4. The Bertz CT molecular complexity index is 751. The van der Waals surface area contributed by atoms with Crippen LogP contribution in [0.5, 0.6) is 0 Å². The molecule has 1 aliphatic rings. The number of methoxy groups -OCH3 is 1. The number of carbonyl (C=O) groups is 2. The summed E-state index contributed by atoms with van der Waals surface area (Å²) in [5, 5.41) is 16.2. The normalized spacial score (nSPS) is 13.3. The van der Waals surface area contributed by atoms with Crippen LogP contribution in [0.2, 0.25) is 25.2 Å². The summed E-state index contributed by atoms with van der Waals surface area (Å²) in [6, 6.07) is 1.99. The molecule has 0 amide bonds. The summed E-state index contributed by atoms with van der Waals surface area (Å²) < 4.78 is 41.7. The van der Waals surface area contributed by atoms with E-state index in [1.165, 1.54) is 13.8 Å². The van der Waals surface area contributed by atoms with Crippen LogP contribution in [0.15, 0.2) is 36.8 Å². The van der Waals surface area contributed by atoms with Crippen LogP contribution in [0, 0.1) is 0 Å². The third-order valence-electron chi connectivity index (χ3n) is 5.29. The third-order valence-corrected chi connectivity index (χ3v) is 11.3. The fourth-order valence-corrected chi connectivity index (χ4v) is 6.43. The molecule has 0 radical (unpaired) electrons. The standard InChI is InChI=1S/C11H24O4Si.C7H18O3Si.C6H8O3.C4H6O2.CH4/c1-4-14-16(3,15-5-2)8-6-7-12-9-11-10-13-11;1-8-6-5-7-11(4,9-2)10-3;1-4(2)6(8)9-5(3)7;1-3(2)4(5)6;/h11H,4-10H2,1-3H3;5-7H2,1-4H3;7H,1,3H2,2H3;1H2,2H3,(H,5,6);1H4. The van der Waals surface area contributed by atoms with Crippen molar-refractivity contribution in [1.29, 1.82) is 0 Å². The van der Waals surface area contributed by atoms with Gasteiger partial charge in [-0.15, -0.1) is 0 Å². The van der Waals surface area contributed by atoms with Crippen LogP contribution in [-0.4, -0.2) is 106 Å². The van der Waals surface area contributed by atoms with E-state index >= 15 is 0 Å². The number of hydrogen-bond donors (Lipinski definition) is 2. The molecule has 43 heavy (non-hydrogen) atoms. The van der Waals surface area contributed by atoms with E-state index < -0.39 is 35.0 Å². The summed E-state index contributed by atoms with van der Waals surface area (Å²) in [4.78, 5) is 20.0. The van der Waals surface area contributed by atoms with Crippen molar-refractivity contribution in [2.75, 3.05) is 61.0 Å². The van der Waals surface area contributed by atoms with Crippen molar-refractivity contribution < 1.29 is 56.5 Å². The van der Waals surface area contributed by atoms with Gasteiger partial charge in [-0.25, -0.2) is 9.59 Å². The number of carboxylic acid groups (broad SMARTS) is 1. The molecular formula is C29H60O12Si2. The molecule has 0 aromatic heterocycles. The van der Waals surface area contributed by atoms with Crippen molar-refractivity contribution in [3.63, 3.8) is 0 Å². The first-order valence-electron chi connectivity index (χ1n) is 13.8. The summed E-state index contributed by atoms with van der Waals surface area (Å²) in [5.41, 5.74) is 0.403. The molecule has 1 atom stereocenters. The van der Waals surface area contributed by atoms with E-state index in [0.29, 0.717) is 6.10 Å². The van der Waals surface area contributed by atoms with Crippen LogP contribution in [-0.2, 0) is 46.2 Å². The lowest BCUT2D eigenvalue weighted by Gasteiger charge is -2.25. The number of hydrogen-bond acceptors (Lipinski definition) is 11. The Kier molecular flexibility index (Phi) is 32.2. The second kappa shape index (κ2) is 28.9. The zero-order valence-electron chi connectivity index (χ0n) is 27.2. The monoisotopic (exact) mass is 656 g/mol. The maximum atomic E-state index is 10.4. The van der Waals surface area contributed by atoms with Gasteiger partial charge in [0.25, 0.3) is 5.95 Å². The smallest absolute Gasteiger partial charge is 0.340 e. The minimum absolute atomic E-state index is 0. The summed E-state index contributed by atoms with van der Waals surface area (Å²) in [6.07, 6.45) is 2.39. The maximum Gasteiger partial charge on any atom is 0.340 e. The van der Waals surface area contributed by atoms with Crippen molar-refractivity contribution in [1.82, 2.24) is 0 Å². The zero-order valence-corrected chi connectivity index (χ0v) is 29.2. The number of epoxide rings is 1. The van der Waals surface area contributed by atoms with E-state index in [4.69, 9.17) is 42.1 Å². The molecule has 0 bridgehead atoms. The topological polar surface area (TPSA) is 152 Å². The van der Waals surface area contributed by atoms with Gasteiger partial charge in [0, 0.05) is 58.9 Å². The predicted octanol–water partition coefficient (Wildman–Crippen LogP) is 5.74. The highest BCUT2D eigenvalue weighted by atomic mass is 28.4. The Balaban J connectivity index is -0.000000249. The number of rotatable bonds is 19. The molecular weight excluding hydrogens is 596 g/mol. The summed E-state index contributed by atoms with van der Waals surface area (Å²) in [5.74, 6) is -2.21. The van der Waals surface area contributed by atoms with E-state index in [-0.39, 0.29) is 18.6 Å². The second-order valence-corrected chi connectivity index (χ2v) is 16.4. The highest BCUT2D eigenvalue weighted by Crippen LogP contribution is 2.16. The fourth-order valence-electron chi connectivity index (χ4n) is 2.69. The van der Waals surface area contributed by atoms with Crippen molar-refractivity contribution in [3.8, 4) is 0 Å². The second-order valence-electron chi connectivity index (χ2n) is 9.42. The van der Waals surface area contributed by atoms with Crippen LogP contribution in [0.3, 0.4) is 0 Å². The molecule has 256 valence electrons. The van der Waals surface area contributed by atoms with Gasteiger partial charge in [0.1, 0.15) is 6.10 Å². The molecule has 1 aliphatic heterocycles. The van der Waals surface area contributed by atoms with Crippen LogP contribution in [0.25, 0.3) is 0 Å². The molecule has 14 heteroatoms. The Morgan fingerprint density at radius 3 is 1.60 bits per heavy atom. The van der Waals surface area contributed by atoms with Crippen LogP contribution in [0.4, 0.5) is 0 Å². The molecule has 1 saturated heterocycles. The van der Waals surface area contributed by atoms with E-state index in [2.05, 4.69) is 37.6 Å². The first-order chi connectivity index (χ1) is 19.6. The molecule has 1 heterocycles. The lowest BCUT2D eigenvalue weighted by molar-refractivity contribution is -0.138. The zero-order chi connectivity index (χ0) is 33.2. The molecule has 0 aliphatic carbocycles. The average molecular weight is 657 g/mol. The van der Waals surface area contributed by atoms with E-state index in [0.717, 1.165) is 64.6 Å². The van der Waals surface area contributed by atoms with Crippen LogP contribution < -0.4 is 0 Å². The van der Waals surface area contributed by atoms with Gasteiger partial charge >= 0.3 is 29.1 Å². The van der Waals surface area contributed by atoms with Gasteiger partial charge in [0.05, 0.1) is 13.2 Å². The molecule has 0 spiro atoms. The Labute approximate surface area is 262 Å². The Morgan fingerprint density at radius 1 is 0.860 bits per heavy atom. The first kappa shape index (κ1) is 48.0. The average Bonchev–Trinajstić information content (AvgIpc) is 3.74. The Hall–Kier alpha value is -1.89. The number of aliphatic hydroxyl groups excluding tert-OH is 1. The van der Waals surface area contributed by atoms with Gasteiger partial charge in [-0.3, -0.25) is 0 Å². The number of aliphatic hydroxyl groups is 1. The molecule has 0 aromatic carbocycles. The third kappa shape index (κ3) is 32.9. The van der Waals surface area contributed by atoms with E-state index in [9.17, 15) is 9.59 Å². The van der Waals surface area contributed by atoms with Crippen LogP contribution >= 0.6 is 0 Å². The van der Waals surface area contributed by atoms with Crippen molar-refractivity contribution in [2.45, 2.75) is 79.2 Å². The summed E-state index contributed by atoms with van der Waals surface area (Å²) in [7, 11) is 1.39. The van der Waals surface area contributed by atoms with Gasteiger partial charge in [-0.2, -0.15) is 0 Å². The quantitative estimate of drug-likeness (QED) is 0.0435. The van der Waals surface area contributed by atoms with Crippen molar-refractivity contribution in [2.24, 2.45) is 0 Å². The summed E-state index contributed by atoms with van der Waals surface area (Å²) >= 11 is 0. The van der Waals surface area contributed by atoms with Gasteiger partial charge in [-0.1, -0.05) is 20.6 Å². The maximum absolute atomic E-state index is 10.4.